The van der Waals surface area contributed by atoms with Gasteiger partial charge in [0.1, 0.15) is 5.52 Å². The Bertz CT molecular complexity index is 560. The molecule has 1 aromatic heterocycles. The van der Waals surface area contributed by atoms with Gasteiger partial charge in [0.05, 0.1) is 17.4 Å². The van der Waals surface area contributed by atoms with E-state index in [9.17, 15) is 4.79 Å². The van der Waals surface area contributed by atoms with Crippen LogP contribution in [0.1, 0.15) is 30.2 Å². The van der Waals surface area contributed by atoms with Crippen molar-refractivity contribution in [1.29, 1.82) is 0 Å². The van der Waals surface area contributed by atoms with Crippen LogP contribution >= 0.6 is 15.9 Å². The summed E-state index contributed by atoms with van der Waals surface area (Å²) in [5.74, 6) is -0.958. The van der Waals surface area contributed by atoms with Crippen LogP contribution in [-0.4, -0.2) is 20.6 Å². The predicted molar refractivity (Wildman–Crippen MR) is 64.8 cm³/mol. The van der Waals surface area contributed by atoms with Crippen LogP contribution in [-0.2, 0) is 0 Å². The van der Waals surface area contributed by atoms with E-state index in [1.807, 2.05) is 24.5 Å². The van der Waals surface area contributed by atoms with E-state index < -0.39 is 5.97 Å². The third kappa shape index (κ3) is 1.71. The van der Waals surface area contributed by atoms with Gasteiger partial charge in [-0.2, -0.15) is 0 Å². The van der Waals surface area contributed by atoms with E-state index in [4.69, 9.17) is 5.11 Å². The zero-order valence-electron chi connectivity index (χ0n) is 8.94. The second-order valence-corrected chi connectivity index (χ2v) is 4.79. The molecule has 1 aromatic carbocycles. The number of aromatic carboxylic acids is 1. The summed E-state index contributed by atoms with van der Waals surface area (Å²) >= 11 is 3.32. The van der Waals surface area contributed by atoms with Gasteiger partial charge >= 0.3 is 5.97 Å². The normalized spacial score (nSPS) is 11.2. The summed E-state index contributed by atoms with van der Waals surface area (Å²) < 4.78 is 2.70. The standard InChI is InChI=1S/C11H11BrN2O2/c1-6(2)14-5-13-10-8(11(15)16)3-7(12)4-9(10)14/h3-6H,1-2H3,(H,15,16). The van der Waals surface area contributed by atoms with Gasteiger partial charge in [0.15, 0.2) is 0 Å². The number of hydrogen-bond donors (Lipinski definition) is 1. The molecule has 0 spiro atoms. The number of fused-ring (bicyclic) bond motifs is 1. The number of rotatable bonds is 2. The van der Waals surface area contributed by atoms with E-state index in [2.05, 4.69) is 20.9 Å². The van der Waals surface area contributed by atoms with E-state index in [1.165, 1.54) is 0 Å². The van der Waals surface area contributed by atoms with Crippen LogP contribution in [0.4, 0.5) is 0 Å². The second kappa shape index (κ2) is 3.90. The molecule has 4 nitrogen and oxygen atoms in total. The predicted octanol–water partition coefficient (Wildman–Crippen LogP) is 3.08. The molecule has 16 heavy (non-hydrogen) atoms. The average Bonchev–Trinajstić information content (AvgIpc) is 2.59. The van der Waals surface area contributed by atoms with Crippen LogP contribution in [0.5, 0.6) is 0 Å². The Kier molecular flexibility index (Phi) is 2.71. The molecule has 84 valence electrons. The number of carboxylic acid groups (broad SMARTS) is 1. The summed E-state index contributed by atoms with van der Waals surface area (Å²) in [5, 5.41) is 9.09. The molecule has 0 saturated heterocycles. The topological polar surface area (TPSA) is 55.1 Å². The monoisotopic (exact) mass is 282 g/mol. The molecule has 0 radical (unpaired) electrons. The van der Waals surface area contributed by atoms with Gasteiger partial charge in [0, 0.05) is 10.5 Å². The van der Waals surface area contributed by atoms with Gasteiger partial charge in [-0.25, -0.2) is 9.78 Å². The van der Waals surface area contributed by atoms with E-state index >= 15 is 0 Å². The number of imidazole rings is 1. The molecule has 2 rings (SSSR count). The Morgan fingerprint density at radius 1 is 1.50 bits per heavy atom. The Hall–Kier alpha value is -1.36. The molecule has 5 heteroatoms. The van der Waals surface area contributed by atoms with Crippen LogP contribution in [0.3, 0.4) is 0 Å². The quantitative estimate of drug-likeness (QED) is 0.921. The highest BCUT2D eigenvalue weighted by Crippen LogP contribution is 2.25. The smallest absolute Gasteiger partial charge is 0.338 e. The Labute approximate surface area is 101 Å². The van der Waals surface area contributed by atoms with Crippen molar-refractivity contribution in [2.75, 3.05) is 0 Å². The Balaban J connectivity index is 2.81. The first-order valence-corrected chi connectivity index (χ1v) is 5.69. The fourth-order valence-corrected chi connectivity index (χ4v) is 2.12. The Morgan fingerprint density at radius 3 is 2.75 bits per heavy atom. The molecule has 0 bridgehead atoms. The van der Waals surface area contributed by atoms with E-state index in [1.54, 1.807) is 12.4 Å². The molecule has 0 fully saturated rings. The molecular formula is C11H11BrN2O2. The Morgan fingerprint density at radius 2 is 2.19 bits per heavy atom. The summed E-state index contributed by atoms with van der Waals surface area (Å²) in [6.07, 6.45) is 1.67. The highest BCUT2D eigenvalue weighted by atomic mass is 79.9. The van der Waals surface area contributed by atoms with Crippen LogP contribution in [0.15, 0.2) is 22.9 Å². The third-order valence-corrected chi connectivity index (χ3v) is 2.89. The molecule has 0 aliphatic carbocycles. The number of halogens is 1. The third-order valence-electron chi connectivity index (χ3n) is 2.43. The lowest BCUT2D eigenvalue weighted by Crippen LogP contribution is -2.00. The minimum Gasteiger partial charge on any atom is -0.478 e. The molecule has 0 aliphatic rings. The fraction of sp³-hybridized carbons (Fsp3) is 0.273. The maximum atomic E-state index is 11.1. The summed E-state index contributed by atoms with van der Waals surface area (Å²) in [6, 6.07) is 3.71. The fourth-order valence-electron chi connectivity index (χ4n) is 1.67. The van der Waals surface area contributed by atoms with Crippen molar-refractivity contribution in [1.82, 2.24) is 9.55 Å². The first kappa shape index (κ1) is 11.1. The zero-order chi connectivity index (χ0) is 11.9. The van der Waals surface area contributed by atoms with Gasteiger partial charge in [-0.3, -0.25) is 0 Å². The second-order valence-electron chi connectivity index (χ2n) is 3.87. The van der Waals surface area contributed by atoms with Gasteiger partial charge in [-0.05, 0) is 26.0 Å². The van der Waals surface area contributed by atoms with Crippen molar-refractivity contribution in [3.05, 3.63) is 28.5 Å². The van der Waals surface area contributed by atoms with Crippen molar-refractivity contribution in [2.45, 2.75) is 19.9 Å². The lowest BCUT2D eigenvalue weighted by molar-refractivity contribution is 0.0699. The first-order valence-electron chi connectivity index (χ1n) is 4.90. The summed E-state index contributed by atoms with van der Waals surface area (Å²) in [7, 11) is 0. The maximum absolute atomic E-state index is 11.1. The van der Waals surface area contributed by atoms with Gasteiger partial charge in [0.2, 0.25) is 0 Å². The largest absolute Gasteiger partial charge is 0.478 e. The molecule has 0 amide bonds. The maximum Gasteiger partial charge on any atom is 0.338 e. The number of nitrogens with zero attached hydrogens (tertiary/aromatic N) is 2. The summed E-state index contributed by atoms with van der Waals surface area (Å²) in [6.45, 7) is 4.06. The van der Waals surface area contributed by atoms with Crippen LogP contribution in [0, 0.1) is 0 Å². The van der Waals surface area contributed by atoms with E-state index in [0.717, 1.165) is 9.99 Å². The number of carbonyl (C=O) groups is 1. The average molecular weight is 283 g/mol. The van der Waals surface area contributed by atoms with Crippen molar-refractivity contribution in [3.63, 3.8) is 0 Å². The molecule has 1 N–H and O–H groups in total. The zero-order valence-corrected chi connectivity index (χ0v) is 10.5. The van der Waals surface area contributed by atoms with E-state index in [-0.39, 0.29) is 11.6 Å². The van der Waals surface area contributed by atoms with Gasteiger partial charge in [-0.1, -0.05) is 15.9 Å². The van der Waals surface area contributed by atoms with Crippen molar-refractivity contribution >= 4 is 32.9 Å². The summed E-state index contributed by atoms with van der Waals surface area (Å²) in [4.78, 5) is 15.2. The minimum absolute atomic E-state index is 0.226. The molecular weight excluding hydrogens is 272 g/mol. The lowest BCUT2D eigenvalue weighted by Gasteiger charge is -2.08. The van der Waals surface area contributed by atoms with Crippen LogP contribution in [0.25, 0.3) is 11.0 Å². The van der Waals surface area contributed by atoms with Crippen molar-refractivity contribution < 1.29 is 9.90 Å². The van der Waals surface area contributed by atoms with Gasteiger partial charge in [-0.15, -0.1) is 0 Å². The molecule has 2 aromatic rings. The van der Waals surface area contributed by atoms with E-state index in [0.29, 0.717) is 5.52 Å². The highest BCUT2D eigenvalue weighted by molar-refractivity contribution is 9.10. The van der Waals surface area contributed by atoms with Crippen LogP contribution in [0.2, 0.25) is 0 Å². The molecule has 0 aliphatic heterocycles. The van der Waals surface area contributed by atoms with Gasteiger partial charge in [0.25, 0.3) is 0 Å². The first-order chi connectivity index (χ1) is 7.50. The summed E-state index contributed by atoms with van der Waals surface area (Å²) in [5.41, 5.74) is 1.59. The number of carboxylic acids is 1. The number of hydrogen-bond acceptors (Lipinski definition) is 2. The SMILES string of the molecule is CC(C)n1cnc2c(C(=O)O)cc(Br)cc21. The van der Waals surface area contributed by atoms with Gasteiger partial charge < -0.3 is 9.67 Å². The highest BCUT2D eigenvalue weighted by Gasteiger charge is 2.15. The lowest BCUT2D eigenvalue weighted by atomic mass is 10.2. The van der Waals surface area contributed by atoms with Crippen molar-refractivity contribution in [2.24, 2.45) is 0 Å². The number of aromatic nitrogens is 2. The minimum atomic E-state index is -0.958. The van der Waals surface area contributed by atoms with Crippen molar-refractivity contribution in [3.8, 4) is 0 Å². The molecule has 0 atom stereocenters. The van der Waals surface area contributed by atoms with Crippen LogP contribution < -0.4 is 0 Å². The molecule has 0 unspecified atom stereocenters. The number of benzene rings is 1. The molecule has 1 heterocycles. The molecule has 0 saturated carbocycles.